The predicted octanol–water partition coefficient (Wildman–Crippen LogP) is 3.90. The number of hydrogen-bond donors (Lipinski definition) is 1. The molecule has 5 nitrogen and oxygen atoms in total. The van der Waals surface area contributed by atoms with Crippen LogP contribution in [-0.4, -0.2) is 20.1 Å². The minimum Gasteiger partial charge on any atom is -0.497 e. The molecule has 1 N–H and O–H groups in total. The monoisotopic (exact) mass is 342 g/mol. The zero-order chi connectivity index (χ0) is 17.5. The van der Waals surface area contributed by atoms with E-state index >= 15 is 0 Å². The topological polar surface area (TPSA) is 71.3 Å². The Morgan fingerprint density at radius 2 is 2.00 bits per heavy atom. The van der Waals surface area contributed by atoms with Crippen molar-refractivity contribution >= 4 is 29.3 Å². The van der Waals surface area contributed by atoms with Crippen molar-refractivity contribution in [3.8, 4) is 17.6 Å². The van der Waals surface area contributed by atoms with E-state index in [4.69, 9.17) is 21.1 Å². The van der Waals surface area contributed by atoms with E-state index in [1.54, 1.807) is 49.6 Å². The molecule has 0 saturated heterocycles. The maximum atomic E-state index is 12.3. The van der Waals surface area contributed by atoms with Crippen LogP contribution in [-0.2, 0) is 4.79 Å². The highest BCUT2D eigenvalue weighted by Gasteiger charge is 2.12. The van der Waals surface area contributed by atoms with E-state index < -0.39 is 5.91 Å². The number of halogens is 1. The lowest BCUT2D eigenvalue weighted by Gasteiger charge is -2.08. The lowest BCUT2D eigenvalue weighted by Crippen LogP contribution is -2.13. The van der Waals surface area contributed by atoms with Gasteiger partial charge in [-0.2, -0.15) is 5.26 Å². The Balaban J connectivity index is 2.29. The summed E-state index contributed by atoms with van der Waals surface area (Å²) in [6.45, 7) is 0. The van der Waals surface area contributed by atoms with Gasteiger partial charge in [0.1, 0.15) is 23.1 Å². The third kappa shape index (κ3) is 4.28. The molecule has 2 rings (SSSR count). The van der Waals surface area contributed by atoms with Gasteiger partial charge < -0.3 is 14.8 Å². The van der Waals surface area contributed by atoms with Gasteiger partial charge in [0.05, 0.1) is 14.2 Å². The van der Waals surface area contributed by atoms with Crippen LogP contribution in [0, 0.1) is 11.3 Å². The summed E-state index contributed by atoms with van der Waals surface area (Å²) in [4.78, 5) is 12.3. The van der Waals surface area contributed by atoms with Crippen molar-refractivity contribution < 1.29 is 14.3 Å². The Morgan fingerprint density at radius 3 is 2.62 bits per heavy atom. The number of amides is 1. The van der Waals surface area contributed by atoms with Crippen molar-refractivity contribution in [1.29, 1.82) is 5.26 Å². The van der Waals surface area contributed by atoms with Gasteiger partial charge in [0.15, 0.2) is 0 Å². The fraction of sp³-hybridized carbons (Fsp3) is 0.111. The highest BCUT2D eigenvalue weighted by molar-refractivity contribution is 6.31. The zero-order valence-corrected chi connectivity index (χ0v) is 13.9. The number of nitriles is 1. The third-order valence-corrected chi connectivity index (χ3v) is 3.42. The number of ether oxygens (including phenoxy) is 2. The minimum absolute atomic E-state index is 0.0570. The molecule has 0 spiro atoms. The summed E-state index contributed by atoms with van der Waals surface area (Å²) < 4.78 is 10.4. The second kappa shape index (κ2) is 8.04. The van der Waals surface area contributed by atoms with Gasteiger partial charge in [-0.05, 0) is 36.4 Å². The number of rotatable bonds is 5. The summed E-state index contributed by atoms with van der Waals surface area (Å²) in [5.41, 5.74) is 1.05. The lowest BCUT2D eigenvalue weighted by molar-refractivity contribution is -0.112. The number of carbonyl (C=O) groups is 1. The Bertz CT molecular complexity index is 825. The molecular formula is C18H15ClN2O3. The molecule has 24 heavy (non-hydrogen) atoms. The van der Waals surface area contributed by atoms with Crippen molar-refractivity contribution in [1.82, 2.24) is 0 Å². The minimum atomic E-state index is -0.530. The first-order valence-electron chi connectivity index (χ1n) is 6.98. The molecule has 0 aliphatic rings. The number of nitrogens with one attached hydrogen (secondary N) is 1. The number of carbonyl (C=O) groups excluding carboxylic acids is 1. The van der Waals surface area contributed by atoms with Crippen LogP contribution in [0.1, 0.15) is 5.56 Å². The largest absolute Gasteiger partial charge is 0.497 e. The van der Waals surface area contributed by atoms with Crippen LogP contribution in [0.3, 0.4) is 0 Å². The molecule has 1 amide bonds. The number of methoxy groups -OCH3 is 2. The van der Waals surface area contributed by atoms with E-state index in [1.807, 2.05) is 6.07 Å². The van der Waals surface area contributed by atoms with E-state index in [0.717, 1.165) is 0 Å². The molecule has 0 heterocycles. The average molecular weight is 343 g/mol. The van der Waals surface area contributed by atoms with Gasteiger partial charge >= 0.3 is 0 Å². The zero-order valence-electron chi connectivity index (χ0n) is 13.2. The van der Waals surface area contributed by atoms with Crippen LogP contribution in [0.25, 0.3) is 6.08 Å². The molecule has 0 saturated carbocycles. The number of nitrogens with zero attached hydrogens (tertiary/aromatic N) is 1. The van der Waals surface area contributed by atoms with Crippen molar-refractivity contribution in [2.45, 2.75) is 0 Å². The van der Waals surface area contributed by atoms with Gasteiger partial charge in [-0.25, -0.2) is 0 Å². The van der Waals surface area contributed by atoms with Crippen LogP contribution >= 0.6 is 11.6 Å². The Morgan fingerprint density at radius 1 is 1.21 bits per heavy atom. The lowest BCUT2D eigenvalue weighted by atomic mass is 10.1. The molecule has 0 atom stereocenters. The van der Waals surface area contributed by atoms with Crippen LogP contribution < -0.4 is 14.8 Å². The molecule has 0 aliphatic carbocycles. The van der Waals surface area contributed by atoms with Crippen LogP contribution in [0.5, 0.6) is 11.5 Å². The van der Waals surface area contributed by atoms with E-state index in [1.165, 1.54) is 13.2 Å². The normalized spacial score (nSPS) is 10.7. The van der Waals surface area contributed by atoms with E-state index in [-0.39, 0.29) is 5.57 Å². The molecule has 6 heteroatoms. The van der Waals surface area contributed by atoms with Gasteiger partial charge in [-0.1, -0.05) is 17.7 Å². The first kappa shape index (κ1) is 17.4. The van der Waals surface area contributed by atoms with Crippen LogP contribution in [0.4, 0.5) is 5.69 Å². The average Bonchev–Trinajstić information content (AvgIpc) is 2.59. The van der Waals surface area contributed by atoms with E-state index in [9.17, 15) is 10.1 Å². The van der Waals surface area contributed by atoms with Crippen molar-refractivity contribution in [2.75, 3.05) is 19.5 Å². The van der Waals surface area contributed by atoms with Crippen molar-refractivity contribution in [3.63, 3.8) is 0 Å². The van der Waals surface area contributed by atoms with Crippen molar-refractivity contribution in [2.24, 2.45) is 0 Å². The van der Waals surface area contributed by atoms with Crippen LogP contribution in [0.2, 0.25) is 5.02 Å². The van der Waals surface area contributed by atoms with E-state index in [0.29, 0.717) is 27.8 Å². The quantitative estimate of drug-likeness (QED) is 0.660. The predicted molar refractivity (Wildman–Crippen MR) is 93.2 cm³/mol. The smallest absolute Gasteiger partial charge is 0.266 e. The molecule has 0 fully saturated rings. The maximum absolute atomic E-state index is 12.3. The summed E-state index contributed by atoms with van der Waals surface area (Å²) in [5, 5.41) is 12.4. The summed E-state index contributed by atoms with van der Waals surface area (Å²) in [5.74, 6) is 0.584. The summed E-state index contributed by atoms with van der Waals surface area (Å²) in [6.07, 6.45) is 1.46. The van der Waals surface area contributed by atoms with Gasteiger partial charge in [-0.3, -0.25) is 4.79 Å². The highest BCUT2D eigenvalue weighted by atomic mass is 35.5. The van der Waals surface area contributed by atoms with E-state index in [2.05, 4.69) is 5.32 Å². The fourth-order valence-electron chi connectivity index (χ4n) is 2.01. The van der Waals surface area contributed by atoms with Gasteiger partial charge in [0.2, 0.25) is 0 Å². The number of benzene rings is 2. The first-order valence-corrected chi connectivity index (χ1v) is 7.36. The first-order chi connectivity index (χ1) is 11.6. The standard InChI is InChI=1S/C18H15ClN2O3/c1-23-16-7-6-12(17(10-16)24-2)8-13(11-20)18(22)21-15-5-3-4-14(19)9-15/h3-10H,1-2H3,(H,21,22)/b13-8+. The molecule has 2 aromatic carbocycles. The molecule has 0 radical (unpaired) electrons. The summed E-state index contributed by atoms with van der Waals surface area (Å²) >= 11 is 5.88. The molecule has 0 unspecified atom stereocenters. The number of anilines is 1. The summed E-state index contributed by atoms with van der Waals surface area (Å²) in [6, 6.07) is 13.7. The van der Waals surface area contributed by atoms with Crippen molar-refractivity contribution in [3.05, 3.63) is 58.6 Å². The maximum Gasteiger partial charge on any atom is 0.266 e. The second-order valence-corrected chi connectivity index (χ2v) is 5.18. The molecular weight excluding hydrogens is 328 g/mol. The molecule has 0 bridgehead atoms. The van der Waals surface area contributed by atoms with Gasteiger partial charge in [-0.15, -0.1) is 0 Å². The van der Waals surface area contributed by atoms with Gasteiger partial charge in [0, 0.05) is 22.3 Å². The van der Waals surface area contributed by atoms with Crippen LogP contribution in [0.15, 0.2) is 48.0 Å². The van der Waals surface area contributed by atoms with Gasteiger partial charge in [0.25, 0.3) is 5.91 Å². The molecule has 0 aromatic heterocycles. The fourth-order valence-corrected chi connectivity index (χ4v) is 2.20. The molecule has 122 valence electrons. The Kier molecular flexibility index (Phi) is 5.83. The Hall–Kier alpha value is -2.97. The second-order valence-electron chi connectivity index (χ2n) is 4.74. The summed E-state index contributed by atoms with van der Waals surface area (Å²) in [7, 11) is 3.05. The Labute approximate surface area is 145 Å². The third-order valence-electron chi connectivity index (χ3n) is 3.19. The SMILES string of the molecule is COc1ccc(/C=C(\C#N)C(=O)Nc2cccc(Cl)c2)c(OC)c1. The highest BCUT2D eigenvalue weighted by Crippen LogP contribution is 2.26. The molecule has 0 aliphatic heterocycles. The molecule has 2 aromatic rings. The number of hydrogen-bond acceptors (Lipinski definition) is 4.